The molecule has 0 saturated heterocycles. The van der Waals surface area contributed by atoms with E-state index >= 15 is 0 Å². The number of pyridine rings is 1. The fraction of sp³-hybridized carbons (Fsp3) is 0.286. The highest BCUT2D eigenvalue weighted by atomic mass is 79.9. The Bertz CT molecular complexity index is 400. The fourth-order valence-electron chi connectivity index (χ4n) is 0.975. The van der Waals surface area contributed by atoms with Crippen LogP contribution in [0.5, 0.6) is 5.75 Å². The van der Waals surface area contributed by atoms with Crippen LogP contribution in [-0.2, 0) is 5.33 Å². The highest BCUT2D eigenvalue weighted by Gasteiger charge is 2.25. The summed E-state index contributed by atoms with van der Waals surface area (Å²) in [6, 6.07) is 0.659. The molecule has 0 radical (unpaired) electrons. The van der Waals surface area contributed by atoms with E-state index < -0.39 is 28.5 Å². The first kappa shape index (κ1) is 11.8. The Balaban J connectivity index is 3.35. The van der Waals surface area contributed by atoms with Gasteiger partial charge in [0.1, 0.15) is 0 Å². The maximum Gasteiger partial charge on any atom is 0.406 e. The molecule has 1 aromatic rings. The molecule has 5 nitrogen and oxygen atoms in total. The van der Waals surface area contributed by atoms with Crippen LogP contribution in [0.15, 0.2) is 6.07 Å². The van der Waals surface area contributed by atoms with Crippen LogP contribution in [0.25, 0.3) is 0 Å². The molecule has 1 rings (SSSR count). The lowest BCUT2D eigenvalue weighted by Crippen LogP contribution is -2.01. The van der Waals surface area contributed by atoms with Crippen LogP contribution in [0.1, 0.15) is 17.7 Å². The van der Waals surface area contributed by atoms with Crippen molar-refractivity contribution in [2.24, 2.45) is 0 Å². The molecule has 0 saturated carbocycles. The van der Waals surface area contributed by atoms with Crippen LogP contribution >= 0.6 is 15.9 Å². The fourth-order valence-corrected chi connectivity index (χ4v) is 1.42. The molecule has 0 spiro atoms. The Morgan fingerprint density at radius 1 is 1.67 bits per heavy atom. The topological polar surface area (TPSA) is 76.3 Å². The van der Waals surface area contributed by atoms with Crippen LogP contribution in [0, 0.1) is 10.1 Å². The van der Waals surface area contributed by atoms with Gasteiger partial charge in [0.25, 0.3) is 6.43 Å². The number of nitrogens with zero attached hydrogens (tertiary/aromatic N) is 2. The van der Waals surface area contributed by atoms with Gasteiger partial charge < -0.3 is 15.2 Å². The van der Waals surface area contributed by atoms with E-state index in [1.165, 1.54) is 0 Å². The third-order valence-corrected chi connectivity index (χ3v) is 2.16. The number of alkyl halides is 3. The zero-order valence-electron chi connectivity index (χ0n) is 7.15. The van der Waals surface area contributed by atoms with Crippen molar-refractivity contribution in [1.82, 2.24) is 4.98 Å². The second kappa shape index (κ2) is 4.47. The molecule has 82 valence electrons. The van der Waals surface area contributed by atoms with Crippen molar-refractivity contribution in [3.8, 4) is 5.75 Å². The SMILES string of the molecule is O=[N+]([O-])c1nc(CBr)c(C(F)F)cc1O. The van der Waals surface area contributed by atoms with Gasteiger partial charge >= 0.3 is 5.82 Å². The maximum absolute atomic E-state index is 12.4. The Hall–Kier alpha value is -1.31. The molecule has 0 fully saturated rings. The van der Waals surface area contributed by atoms with E-state index in [4.69, 9.17) is 5.11 Å². The zero-order chi connectivity index (χ0) is 11.6. The second-order valence-electron chi connectivity index (χ2n) is 2.56. The highest BCUT2D eigenvalue weighted by Crippen LogP contribution is 2.32. The predicted molar refractivity (Wildman–Crippen MR) is 50.1 cm³/mol. The summed E-state index contributed by atoms with van der Waals surface area (Å²) in [6.07, 6.45) is -2.84. The van der Waals surface area contributed by atoms with Crippen LogP contribution in [0.3, 0.4) is 0 Å². The van der Waals surface area contributed by atoms with Gasteiger partial charge in [-0.05, 0) is 9.91 Å². The number of aromatic hydroxyl groups is 1. The van der Waals surface area contributed by atoms with Crippen LogP contribution in [-0.4, -0.2) is 15.0 Å². The van der Waals surface area contributed by atoms with Crippen molar-refractivity contribution in [2.75, 3.05) is 0 Å². The molecule has 0 aliphatic rings. The van der Waals surface area contributed by atoms with E-state index in [0.29, 0.717) is 6.07 Å². The van der Waals surface area contributed by atoms with Gasteiger partial charge in [-0.25, -0.2) is 8.78 Å². The van der Waals surface area contributed by atoms with E-state index in [1.807, 2.05) is 0 Å². The lowest BCUT2D eigenvalue weighted by molar-refractivity contribution is -0.390. The van der Waals surface area contributed by atoms with Crippen LogP contribution in [0.2, 0.25) is 0 Å². The van der Waals surface area contributed by atoms with Gasteiger partial charge in [0.15, 0.2) is 5.69 Å². The minimum Gasteiger partial charge on any atom is -0.501 e. The molecule has 0 atom stereocenters. The summed E-state index contributed by atoms with van der Waals surface area (Å²) in [7, 11) is 0. The second-order valence-corrected chi connectivity index (χ2v) is 3.12. The quantitative estimate of drug-likeness (QED) is 0.525. The predicted octanol–water partition coefficient (Wildman–Crippen LogP) is 2.53. The third kappa shape index (κ3) is 2.38. The molecule has 0 amide bonds. The van der Waals surface area contributed by atoms with E-state index in [1.54, 1.807) is 0 Å². The van der Waals surface area contributed by atoms with E-state index in [0.717, 1.165) is 0 Å². The average Bonchev–Trinajstić information content (AvgIpc) is 2.16. The van der Waals surface area contributed by atoms with Gasteiger partial charge in [0.05, 0.1) is 10.9 Å². The van der Waals surface area contributed by atoms with Crippen molar-refractivity contribution in [1.29, 1.82) is 0 Å². The van der Waals surface area contributed by atoms with Gasteiger partial charge in [-0.1, -0.05) is 15.9 Å². The summed E-state index contributed by atoms with van der Waals surface area (Å²) in [4.78, 5) is 12.8. The summed E-state index contributed by atoms with van der Waals surface area (Å²) in [6.45, 7) is 0. The lowest BCUT2D eigenvalue weighted by atomic mass is 10.2. The Morgan fingerprint density at radius 3 is 2.67 bits per heavy atom. The summed E-state index contributed by atoms with van der Waals surface area (Å²) in [5.41, 5.74) is -0.676. The summed E-state index contributed by atoms with van der Waals surface area (Å²) < 4.78 is 24.8. The van der Waals surface area contributed by atoms with Gasteiger partial charge in [-0.2, -0.15) is 0 Å². The van der Waals surface area contributed by atoms with E-state index in [2.05, 4.69) is 20.9 Å². The van der Waals surface area contributed by atoms with Crippen molar-refractivity contribution < 1.29 is 18.8 Å². The van der Waals surface area contributed by atoms with Gasteiger partial charge in [0, 0.05) is 6.07 Å². The zero-order valence-corrected chi connectivity index (χ0v) is 8.74. The number of hydrogen-bond acceptors (Lipinski definition) is 4. The molecule has 8 heteroatoms. The normalized spacial score (nSPS) is 10.7. The molecule has 0 bridgehead atoms. The molecular weight excluding hydrogens is 278 g/mol. The number of nitro groups is 1. The number of rotatable bonds is 3. The van der Waals surface area contributed by atoms with Crippen molar-refractivity contribution in [3.63, 3.8) is 0 Å². The molecule has 1 heterocycles. The maximum atomic E-state index is 12.4. The van der Waals surface area contributed by atoms with Gasteiger partial charge in [-0.3, -0.25) is 0 Å². The number of hydrogen-bond donors (Lipinski definition) is 1. The molecule has 0 unspecified atom stereocenters. The largest absolute Gasteiger partial charge is 0.501 e. The molecule has 0 aliphatic heterocycles. The van der Waals surface area contributed by atoms with Crippen molar-refractivity contribution in [2.45, 2.75) is 11.8 Å². The minimum atomic E-state index is -2.84. The molecule has 15 heavy (non-hydrogen) atoms. The minimum absolute atomic E-state index is 0.0478. The van der Waals surface area contributed by atoms with Crippen LogP contribution < -0.4 is 0 Å². The summed E-state index contributed by atoms with van der Waals surface area (Å²) in [5, 5.41) is 19.4. The molecule has 0 aromatic carbocycles. The first-order valence-electron chi connectivity index (χ1n) is 3.68. The van der Waals surface area contributed by atoms with Gasteiger partial charge in [0.2, 0.25) is 5.75 Å². The third-order valence-electron chi connectivity index (χ3n) is 1.63. The molecule has 1 aromatic heterocycles. The molecule has 0 aliphatic carbocycles. The van der Waals surface area contributed by atoms with E-state index in [9.17, 15) is 18.9 Å². The Labute approximate surface area is 91.0 Å². The molecule has 1 N–H and O–H groups in total. The smallest absolute Gasteiger partial charge is 0.406 e. The van der Waals surface area contributed by atoms with Crippen molar-refractivity contribution >= 4 is 21.7 Å². The summed E-state index contributed by atoms with van der Waals surface area (Å²) in [5.74, 6) is -1.69. The Morgan fingerprint density at radius 2 is 2.27 bits per heavy atom. The van der Waals surface area contributed by atoms with Gasteiger partial charge in [-0.15, -0.1) is 0 Å². The van der Waals surface area contributed by atoms with Crippen molar-refractivity contribution in [3.05, 3.63) is 27.4 Å². The first-order chi connectivity index (χ1) is 6.97. The average molecular weight is 283 g/mol. The molecular formula is C7H5BrF2N2O3. The standard InChI is InChI=1S/C7H5BrF2N2O3/c8-2-4-3(6(9)10)1-5(13)7(11-4)12(14)15/h1,6,13H,2H2. The number of halogens is 3. The highest BCUT2D eigenvalue weighted by molar-refractivity contribution is 9.08. The Kier molecular flexibility index (Phi) is 3.51. The van der Waals surface area contributed by atoms with Crippen LogP contribution in [0.4, 0.5) is 14.6 Å². The lowest BCUT2D eigenvalue weighted by Gasteiger charge is -2.03. The monoisotopic (exact) mass is 282 g/mol. The van der Waals surface area contributed by atoms with E-state index in [-0.39, 0.29) is 11.0 Å². The summed E-state index contributed by atoms with van der Waals surface area (Å²) >= 11 is 2.88. The number of aromatic nitrogens is 1. The first-order valence-corrected chi connectivity index (χ1v) is 4.80.